The minimum absolute atomic E-state index is 0.318. The summed E-state index contributed by atoms with van der Waals surface area (Å²) in [4.78, 5) is 0. The minimum Gasteiger partial charge on any atom is -0.382 e. The Morgan fingerprint density at radius 2 is 2.10 bits per heavy atom. The molecule has 0 fully saturated rings. The fraction of sp³-hybridized carbons (Fsp3) is 1.00. The Hall–Kier alpha value is -0.220. The van der Waals surface area contributed by atoms with Crippen molar-refractivity contribution in [3.05, 3.63) is 0 Å². The predicted octanol–water partition coefficient (Wildman–Crippen LogP) is 1.04. The zero-order valence-corrected chi connectivity index (χ0v) is 6.10. The van der Waals surface area contributed by atoms with Crippen molar-refractivity contribution in [2.24, 2.45) is 0 Å². The molecule has 0 saturated heterocycles. The molecule has 10 heavy (non-hydrogen) atoms. The summed E-state index contributed by atoms with van der Waals surface area (Å²) in [5, 5.41) is 8.85. The molecule has 0 aromatic rings. The fourth-order valence-corrected chi connectivity index (χ4v) is 0.372. The molecule has 0 heterocycles. The molecule has 0 aromatic heterocycles. The van der Waals surface area contributed by atoms with Gasteiger partial charge in [0, 0.05) is 6.61 Å². The molecule has 0 bridgehead atoms. The first kappa shape index (κ1) is 9.78. The molecule has 0 aromatic carbocycles. The Kier molecular flexibility index (Phi) is 3.75. The highest BCUT2D eigenvalue weighted by atomic mass is 19.3. The second-order valence-corrected chi connectivity index (χ2v) is 2.30. The summed E-state index contributed by atoms with van der Waals surface area (Å²) in [6.07, 6.45) is -2.75. The third-order valence-electron chi connectivity index (χ3n) is 1.07. The van der Waals surface area contributed by atoms with Gasteiger partial charge in [0.25, 0.3) is 6.43 Å². The van der Waals surface area contributed by atoms with Gasteiger partial charge in [0.1, 0.15) is 5.60 Å². The van der Waals surface area contributed by atoms with E-state index in [0.29, 0.717) is 6.61 Å². The molecule has 0 amide bonds. The van der Waals surface area contributed by atoms with Crippen molar-refractivity contribution >= 4 is 0 Å². The summed E-state index contributed by atoms with van der Waals surface area (Å²) in [5.41, 5.74) is -2.00. The summed E-state index contributed by atoms with van der Waals surface area (Å²) in [6.45, 7) is 2.75. The number of hydrogen-bond donors (Lipinski definition) is 1. The quantitative estimate of drug-likeness (QED) is 0.655. The highest BCUT2D eigenvalue weighted by Gasteiger charge is 2.32. The summed E-state index contributed by atoms with van der Waals surface area (Å²) >= 11 is 0. The molecular weight excluding hydrogens is 142 g/mol. The van der Waals surface area contributed by atoms with Gasteiger partial charge >= 0.3 is 0 Å². The first-order chi connectivity index (χ1) is 4.50. The topological polar surface area (TPSA) is 29.5 Å². The van der Waals surface area contributed by atoms with Crippen LogP contribution in [0.4, 0.5) is 8.78 Å². The Balaban J connectivity index is 3.63. The van der Waals surface area contributed by atoms with Gasteiger partial charge in [-0.15, -0.1) is 0 Å². The molecule has 0 rings (SSSR count). The van der Waals surface area contributed by atoms with Crippen LogP contribution < -0.4 is 0 Å². The SMILES string of the molecule is CCOCC(C)(O)C(F)F. The molecule has 0 spiro atoms. The number of hydrogen-bond acceptors (Lipinski definition) is 2. The molecular formula is C6H12F2O2. The van der Waals surface area contributed by atoms with Crippen molar-refractivity contribution in [3.63, 3.8) is 0 Å². The highest BCUT2D eigenvalue weighted by Crippen LogP contribution is 2.14. The van der Waals surface area contributed by atoms with Crippen LogP contribution >= 0.6 is 0 Å². The van der Waals surface area contributed by atoms with Crippen LogP contribution in [0, 0.1) is 0 Å². The molecule has 62 valence electrons. The standard InChI is InChI=1S/C6H12F2O2/c1-3-10-4-6(2,9)5(7)8/h5,9H,3-4H2,1-2H3. The average Bonchev–Trinajstić information content (AvgIpc) is 1.84. The second-order valence-electron chi connectivity index (χ2n) is 2.30. The number of halogens is 2. The van der Waals surface area contributed by atoms with Crippen molar-refractivity contribution in [1.29, 1.82) is 0 Å². The lowest BCUT2D eigenvalue weighted by molar-refractivity contribution is -0.124. The van der Waals surface area contributed by atoms with Crippen LogP contribution in [0.5, 0.6) is 0 Å². The molecule has 1 N–H and O–H groups in total. The van der Waals surface area contributed by atoms with Crippen molar-refractivity contribution in [1.82, 2.24) is 0 Å². The van der Waals surface area contributed by atoms with Gasteiger partial charge in [0.15, 0.2) is 0 Å². The van der Waals surface area contributed by atoms with Crippen LogP contribution in [-0.2, 0) is 4.74 Å². The predicted molar refractivity (Wildman–Crippen MR) is 33.1 cm³/mol. The zero-order valence-electron chi connectivity index (χ0n) is 6.10. The summed E-state index contributed by atoms with van der Waals surface area (Å²) in [5.74, 6) is 0. The number of alkyl halides is 2. The first-order valence-corrected chi connectivity index (χ1v) is 3.09. The molecule has 1 atom stereocenters. The Labute approximate surface area is 58.8 Å². The van der Waals surface area contributed by atoms with Gasteiger partial charge in [0.2, 0.25) is 0 Å². The Morgan fingerprint density at radius 1 is 1.60 bits per heavy atom. The Bertz CT molecular complexity index is 93.7. The molecule has 0 aliphatic carbocycles. The van der Waals surface area contributed by atoms with Gasteiger partial charge in [-0.25, -0.2) is 8.78 Å². The van der Waals surface area contributed by atoms with Crippen molar-refractivity contribution < 1.29 is 18.6 Å². The fourth-order valence-electron chi connectivity index (χ4n) is 0.372. The van der Waals surface area contributed by atoms with Crippen LogP contribution in [0.3, 0.4) is 0 Å². The van der Waals surface area contributed by atoms with Gasteiger partial charge in [-0.05, 0) is 13.8 Å². The maximum absolute atomic E-state index is 11.8. The number of aliphatic hydroxyl groups is 1. The van der Waals surface area contributed by atoms with E-state index in [1.165, 1.54) is 0 Å². The lowest BCUT2D eigenvalue weighted by atomic mass is 10.1. The van der Waals surface area contributed by atoms with Gasteiger partial charge in [-0.1, -0.05) is 0 Å². The van der Waals surface area contributed by atoms with Crippen LogP contribution in [0.2, 0.25) is 0 Å². The van der Waals surface area contributed by atoms with Crippen molar-refractivity contribution in [2.75, 3.05) is 13.2 Å². The van der Waals surface area contributed by atoms with Gasteiger partial charge < -0.3 is 9.84 Å². The minimum atomic E-state index is -2.75. The number of ether oxygens (including phenoxy) is 1. The normalized spacial score (nSPS) is 17.4. The monoisotopic (exact) mass is 154 g/mol. The van der Waals surface area contributed by atoms with Crippen LogP contribution in [-0.4, -0.2) is 30.3 Å². The highest BCUT2D eigenvalue weighted by molar-refractivity contribution is 4.74. The van der Waals surface area contributed by atoms with Gasteiger partial charge in [0.05, 0.1) is 6.61 Å². The van der Waals surface area contributed by atoms with E-state index in [0.717, 1.165) is 6.92 Å². The van der Waals surface area contributed by atoms with Crippen LogP contribution in [0.15, 0.2) is 0 Å². The maximum Gasteiger partial charge on any atom is 0.268 e. The molecule has 1 unspecified atom stereocenters. The van der Waals surface area contributed by atoms with E-state index in [1.54, 1.807) is 6.92 Å². The third kappa shape index (κ3) is 3.08. The summed E-state index contributed by atoms with van der Waals surface area (Å²) in [7, 11) is 0. The smallest absolute Gasteiger partial charge is 0.268 e. The molecule has 0 saturated carbocycles. The largest absolute Gasteiger partial charge is 0.382 e. The van der Waals surface area contributed by atoms with E-state index in [4.69, 9.17) is 5.11 Å². The Morgan fingerprint density at radius 3 is 2.40 bits per heavy atom. The van der Waals surface area contributed by atoms with E-state index in [2.05, 4.69) is 4.74 Å². The van der Waals surface area contributed by atoms with E-state index in [1.807, 2.05) is 0 Å². The molecule has 0 aliphatic heterocycles. The lowest BCUT2D eigenvalue weighted by Gasteiger charge is -2.21. The second kappa shape index (κ2) is 3.83. The first-order valence-electron chi connectivity index (χ1n) is 3.09. The lowest BCUT2D eigenvalue weighted by Crippen LogP contribution is -2.38. The molecule has 2 nitrogen and oxygen atoms in total. The van der Waals surface area contributed by atoms with Crippen molar-refractivity contribution in [2.45, 2.75) is 25.9 Å². The van der Waals surface area contributed by atoms with E-state index in [9.17, 15) is 8.78 Å². The number of rotatable bonds is 4. The van der Waals surface area contributed by atoms with Crippen LogP contribution in [0.25, 0.3) is 0 Å². The average molecular weight is 154 g/mol. The maximum atomic E-state index is 11.8. The zero-order chi connectivity index (χ0) is 8.20. The molecule has 0 aliphatic rings. The van der Waals surface area contributed by atoms with E-state index < -0.39 is 12.0 Å². The molecule has 0 radical (unpaired) electrons. The van der Waals surface area contributed by atoms with Gasteiger partial charge in [-0.2, -0.15) is 0 Å². The third-order valence-corrected chi connectivity index (χ3v) is 1.07. The van der Waals surface area contributed by atoms with Crippen LogP contribution in [0.1, 0.15) is 13.8 Å². The van der Waals surface area contributed by atoms with E-state index >= 15 is 0 Å². The van der Waals surface area contributed by atoms with Gasteiger partial charge in [-0.3, -0.25) is 0 Å². The van der Waals surface area contributed by atoms with E-state index in [-0.39, 0.29) is 6.61 Å². The summed E-state index contributed by atoms with van der Waals surface area (Å²) < 4.78 is 28.2. The summed E-state index contributed by atoms with van der Waals surface area (Å²) in [6, 6.07) is 0. The van der Waals surface area contributed by atoms with Crippen molar-refractivity contribution in [3.8, 4) is 0 Å². The molecule has 4 heteroatoms.